The van der Waals surface area contributed by atoms with Gasteiger partial charge in [0.2, 0.25) is 6.10 Å². The molecule has 5 heteroatoms. The summed E-state index contributed by atoms with van der Waals surface area (Å²) >= 11 is 5.94. The van der Waals surface area contributed by atoms with E-state index < -0.39 is 12.1 Å². The maximum Gasteiger partial charge on any atom is 0.349 e. The smallest absolute Gasteiger partial charge is 0.349 e. The second-order valence-electron chi connectivity index (χ2n) is 4.30. The van der Waals surface area contributed by atoms with Crippen LogP contribution in [-0.4, -0.2) is 24.9 Å². The van der Waals surface area contributed by atoms with Crippen LogP contribution in [0.5, 0.6) is 0 Å². The van der Waals surface area contributed by atoms with E-state index in [1.54, 1.807) is 25.1 Å². The highest BCUT2D eigenvalue weighted by Crippen LogP contribution is 2.12. The molecular weight excluding hydrogens is 278 g/mol. The van der Waals surface area contributed by atoms with Gasteiger partial charge in [-0.1, -0.05) is 42.6 Å². The molecule has 1 radical (unpaired) electrons. The number of nitrogens with zero attached hydrogens (tertiary/aromatic N) is 1. The first kappa shape index (κ1) is 16.5. The minimum absolute atomic E-state index is 0.413. The Bertz CT molecular complexity index is 448. The number of benzene rings is 1. The number of carbonyl (C=O) groups is 1. The SMILES string of the molecule is CCCCCOC(=O)C(C)ON=Cc1c[c]ccc1Cl. The number of hydrogen-bond acceptors (Lipinski definition) is 4. The van der Waals surface area contributed by atoms with Crippen LogP contribution in [-0.2, 0) is 14.4 Å². The van der Waals surface area contributed by atoms with Gasteiger partial charge in [0, 0.05) is 10.6 Å². The second-order valence-corrected chi connectivity index (χ2v) is 4.71. The molecule has 1 aromatic carbocycles. The van der Waals surface area contributed by atoms with Gasteiger partial charge in [0.25, 0.3) is 0 Å². The van der Waals surface area contributed by atoms with Crippen LogP contribution < -0.4 is 0 Å². The molecule has 1 rings (SSSR count). The molecule has 0 aliphatic rings. The van der Waals surface area contributed by atoms with Crippen molar-refractivity contribution < 1.29 is 14.4 Å². The lowest BCUT2D eigenvalue weighted by Gasteiger charge is -2.09. The molecule has 0 saturated heterocycles. The summed E-state index contributed by atoms with van der Waals surface area (Å²) in [4.78, 5) is 16.6. The van der Waals surface area contributed by atoms with Crippen molar-refractivity contribution in [3.8, 4) is 0 Å². The minimum Gasteiger partial charge on any atom is -0.463 e. The summed E-state index contributed by atoms with van der Waals surface area (Å²) in [7, 11) is 0. The second kappa shape index (κ2) is 9.37. The maximum atomic E-state index is 11.6. The summed E-state index contributed by atoms with van der Waals surface area (Å²) in [5.41, 5.74) is 0.678. The van der Waals surface area contributed by atoms with Gasteiger partial charge in [0.05, 0.1) is 12.8 Å². The molecule has 4 nitrogen and oxygen atoms in total. The zero-order chi connectivity index (χ0) is 14.8. The van der Waals surface area contributed by atoms with E-state index in [9.17, 15) is 4.79 Å². The number of esters is 1. The molecule has 0 heterocycles. The number of rotatable bonds is 8. The van der Waals surface area contributed by atoms with Crippen LogP contribution in [0, 0.1) is 6.07 Å². The van der Waals surface area contributed by atoms with Crippen LogP contribution in [0.3, 0.4) is 0 Å². The molecule has 1 aromatic rings. The maximum absolute atomic E-state index is 11.6. The molecule has 0 fully saturated rings. The molecule has 0 saturated carbocycles. The summed E-state index contributed by atoms with van der Waals surface area (Å²) in [6.07, 6.45) is 3.71. The minimum atomic E-state index is -0.737. The predicted molar refractivity (Wildman–Crippen MR) is 78.9 cm³/mol. The highest BCUT2D eigenvalue weighted by Gasteiger charge is 2.15. The zero-order valence-corrected chi connectivity index (χ0v) is 12.5. The lowest BCUT2D eigenvalue weighted by Crippen LogP contribution is -2.22. The molecule has 0 aliphatic heterocycles. The lowest BCUT2D eigenvalue weighted by molar-refractivity contribution is -0.156. The van der Waals surface area contributed by atoms with Crippen molar-refractivity contribution >= 4 is 23.8 Å². The van der Waals surface area contributed by atoms with Crippen molar-refractivity contribution in [2.24, 2.45) is 5.16 Å². The van der Waals surface area contributed by atoms with Gasteiger partial charge in [-0.3, -0.25) is 0 Å². The molecule has 109 valence electrons. The molecule has 1 atom stereocenters. The third-order valence-corrected chi connectivity index (χ3v) is 2.92. The highest BCUT2D eigenvalue weighted by atomic mass is 35.5. The van der Waals surface area contributed by atoms with Gasteiger partial charge >= 0.3 is 5.97 Å². The Kier molecular flexibility index (Phi) is 7.73. The number of carbonyl (C=O) groups excluding carboxylic acids is 1. The number of halogens is 1. The monoisotopic (exact) mass is 296 g/mol. The molecule has 0 aromatic heterocycles. The summed E-state index contributed by atoms with van der Waals surface area (Å²) < 4.78 is 5.06. The number of ether oxygens (including phenoxy) is 1. The standard InChI is InChI=1S/C15H19ClNO3/c1-3-4-7-10-19-15(18)12(2)20-17-11-13-8-5-6-9-14(13)16/h6,8-9,11-12H,3-4,7,10H2,1-2H3. The van der Waals surface area contributed by atoms with E-state index in [1.165, 1.54) is 6.21 Å². The number of unbranched alkanes of at least 4 members (excludes halogenated alkanes) is 2. The molecule has 0 amide bonds. The van der Waals surface area contributed by atoms with Gasteiger partial charge in [0.1, 0.15) is 0 Å². The third kappa shape index (κ3) is 6.06. The summed E-state index contributed by atoms with van der Waals surface area (Å²) in [5.74, 6) is -0.413. The Labute approximate surface area is 124 Å². The van der Waals surface area contributed by atoms with Crippen LogP contribution in [0.15, 0.2) is 23.4 Å². The summed E-state index contributed by atoms with van der Waals surface area (Å²) in [6, 6.07) is 7.97. The van der Waals surface area contributed by atoms with Crippen molar-refractivity contribution in [2.75, 3.05) is 6.61 Å². The lowest BCUT2D eigenvalue weighted by atomic mass is 10.2. The Morgan fingerprint density at radius 1 is 1.55 bits per heavy atom. The van der Waals surface area contributed by atoms with Crippen LogP contribution in [0.2, 0.25) is 5.02 Å². The van der Waals surface area contributed by atoms with Gasteiger partial charge < -0.3 is 9.57 Å². The molecule has 1 unspecified atom stereocenters. The van der Waals surface area contributed by atoms with E-state index in [-0.39, 0.29) is 0 Å². The first-order valence-electron chi connectivity index (χ1n) is 6.66. The van der Waals surface area contributed by atoms with Crippen molar-refractivity contribution in [2.45, 2.75) is 39.2 Å². The van der Waals surface area contributed by atoms with E-state index in [4.69, 9.17) is 21.2 Å². The largest absolute Gasteiger partial charge is 0.463 e. The molecule has 0 aliphatic carbocycles. The van der Waals surface area contributed by atoms with E-state index in [0.717, 1.165) is 19.3 Å². The molecule has 0 bridgehead atoms. The Morgan fingerprint density at radius 2 is 2.35 bits per heavy atom. The van der Waals surface area contributed by atoms with Gasteiger partial charge in [-0.05, 0) is 31.5 Å². The third-order valence-electron chi connectivity index (χ3n) is 2.58. The average molecular weight is 297 g/mol. The van der Waals surface area contributed by atoms with Gasteiger partial charge in [0.15, 0.2) is 0 Å². The Morgan fingerprint density at radius 3 is 3.05 bits per heavy atom. The molecule has 20 heavy (non-hydrogen) atoms. The van der Waals surface area contributed by atoms with Gasteiger partial charge in [-0.15, -0.1) is 0 Å². The van der Waals surface area contributed by atoms with Gasteiger partial charge in [-0.2, -0.15) is 0 Å². The summed E-state index contributed by atoms with van der Waals surface area (Å²) in [5, 5.41) is 4.28. The quantitative estimate of drug-likeness (QED) is 0.319. The number of hydrogen-bond donors (Lipinski definition) is 0. The van der Waals surface area contributed by atoms with Crippen LogP contribution in [0.25, 0.3) is 0 Å². The van der Waals surface area contributed by atoms with Crippen molar-refractivity contribution in [3.05, 3.63) is 34.9 Å². The fourth-order valence-electron chi connectivity index (χ4n) is 1.39. The van der Waals surface area contributed by atoms with Gasteiger partial charge in [-0.25, -0.2) is 4.79 Å². The normalized spacial score (nSPS) is 12.3. The fraction of sp³-hybridized carbons (Fsp3) is 0.467. The van der Waals surface area contributed by atoms with Crippen molar-refractivity contribution in [1.82, 2.24) is 0 Å². The Balaban J connectivity index is 2.33. The molecule has 0 N–H and O–H groups in total. The van der Waals surface area contributed by atoms with Crippen LogP contribution in [0.4, 0.5) is 0 Å². The average Bonchev–Trinajstić information content (AvgIpc) is 2.45. The van der Waals surface area contributed by atoms with E-state index in [0.29, 0.717) is 17.2 Å². The molecule has 0 spiro atoms. The van der Waals surface area contributed by atoms with E-state index in [1.807, 2.05) is 0 Å². The summed E-state index contributed by atoms with van der Waals surface area (Å²) in [6.45, 7) is 4.11. The van der Waals surface area contributed by atoms with Crippen LogP contribution in [0.1, 0.15) is 38.7 Å². The Hall–Kier alpha value is -1.55. The van der Waals surface area contributed by atoms with Crippen molar-refractivity contribution in [3.63, 3.8) is 0 Å². The first-order valence-corrected chi connectivity index (χ1v) is 7.04. The highest BCUT2D eigenvalue weighted by molar-refractivity contribution is 6.33. The van der Waals surface area contributed by atoms with Crippen molar-refractivity contribution in [1.29, 1.82) is 0 Å². The van der Waals surface area contributed by atoms with E-state index in [2.05, 4.69) is 18.1 Å². The fourth-order valence-corrected chi connectivity index (χ4v) is 1.55. The first-order chi connectivity index (χ1) is 9.65. The molecular formula is C15H19ClNO3. The zero-order valence-electron chi connectivity index (χ0n) is 11.8. The van der Waals surface area contributed by atoms with Crippen LogP contribution >= 0.6 is 11.6 Å². The number of oxime groups is 1. The predicted octanol–water partition coefficient (Wildman–Crippen LogP) is 3.61. The topological polar surface area (TPSA) is 47.9 Å². The van der Waals surface area contributed by atoms with E-state index >= 15 is 0 Å².